The third-order valence-electron chi connectivity index (χ3n) is 8.79. The van der Waals surface area contributed by atoms with Crippen molar-refractivity contribution in [2.75, 3.05) is 25.7 Å². The van der Waals surface area contributed by atoms with E-state index in [2.05, 4.69) is 21.7 Å². The maximum Gasteiger partial charge on any atom is 0.413 e. The second kappa shape index (κ2) is 17.3. The van der Waals surface area contributed by atoms with E-state index in [9.17, 15) is 24.4 Å². The standard InChI is InChI=1S/C36H39N7O7S2/c1-4-48-30(45)36(42-32(52-3)40-34(47)50-22-25-14-9-6-10-15-25)28-26(20-43(36)29(44)27-16-11-19-38-27)17-18-35(28,23-37)41-31(51-2)39-33(46)49-21-24-12-7-5-8-13-24/h5-16,19,26,28,38H,4,17-18,20-22H2,1-3H3,(H,39,41,46)(H,40,42,47)/t26?,28?,35-,36-/m0/s1. The molecule has 272 valence electrons. The number of fused-ring (bicyclic) bond motifs is 1. The molecule has 0 bridgehead atoms. The van der Waals surface area contributed by atoms with Crippen LogP contribution in [-0.2, 0) is 32.2 Å². The summed E-state index contributed by atoms with van der Waals surface area (Å²) in [6.45, 7) is 1.58. The Kier molecular flexibility index (Phi) is 12.6. The van der Waals surface area contributed by atoms with Gasteiger partial charge in [0.25, 0.3) is 5.91 Å². The minimum atomic E-state index is -2.17. The normalized spacial score (nSPS) is 22.5. The summed E-state index contributed by atoms with van der Waals surface area (Å²) in [6.07, 6.45) is 3.85. The fraction of sp³-hybridized carbons (Fsp3) is 0.361. The summed E-state index contributed by atoms with van der Waals surface area (Å²) in [7, 11) is 0. The third-order valence-corrected chi connectivity index (χ3v) is 9.95. The molecule has 3 aromatic rings. The fourth-order valence-corrected chi connectivity index (χ4v) is 7.42. The number of carbonyl (C=O) groups excluding carboxylic acids is 4. The zero-order chi connectivity index (χ0) is 37.1. The first-order chi connectivity index (χ1) is 25.2. The maximum atomic E-state index is 14.5. The Balaban J connectivity index is 1.55. The van der Waals surface area contributed by atoms with E-state index in [0.29, 0.717) is 6.42 Å². The van der Waals surface area contributed by atoms with Crippen molar-refractivity contribution in [2.45, 2.75) is 44.2 Å². The number of amidine groups is 2. The van der Waals surface area contributed by atoms with Crippen molar-refractivity contribution in [1.82, 2.24) is 20.5 Å². The molecule has 4 atom stereocenters. The molecule has 2 heterocycles. The Morgan fingerprint density at radius 3 is 1.96 bits per heavy atom. The van der Waals surface area contributed by atoms with Gasteiger partial charge in [-0.15, -0.1) is 0 Å². The van der Waals surface area contributed by atoms with Gasteiger partial charge in [0.15, 0.2) is 15.9 Å². The van der Waals surface area contributed by atoms with Crippen LogP contribution in [0.25, 0.3) is 0 Å². The highest BCUT2D eigenvalue weighted by molar-refractivity contribution is 8.13. The average molecular weight is 746 g/mol. The summed E-state index contributed by atoms with van der Waals surface area (Å²) < 4.78 is 16.5. The number of H-pyrrole nitrogens is 1. The first kappa shape index (κ1) is 38.0. The molecule has 2 aliphatic rings. The Bertz CT molecular complexity index is 1840. The molecule has 2 fully saturated rings. The van der Waals surface area contributed by atoms with Gasteiger partial charge in [0.05, 0.1) is 18.6 Å². The minimum absolute atomic E-state index is 0.0111. The summed E-state index contributed by atoms with van der Waals surface area (Å²) in [5.41, 5.74) is -2.11. The highest BCUT2D eigenvalue weighted by atomic mass is 32.2. The van der Waals surface area contributed by atoms with Crippen molar-refractivity contribution in [3.05, 3.63) is 95.8 Å². The number of likely N-dealkylation sites (tertiary alicyclic amines) is 1. The Hall–Kier alpha value is -5.27. The number of aromatic amines is 1. The largest absolute Gasteiger partial charge is 0.463 e. The highest BCUT2D eigenvalue weighted by Crippen LogP contribution is 2.56. The molecule has 1 saturated carbocycles. The van der Waals surface area contributed by atoms with Crippen molar-refractivity contribution in [3.8, 4) is 6.07 Å². The summed E-state index contributed by atoms with van der Waals surface area (Å²) in [5.74, 6) is -2.97. The first-order valence-electron chi connectivity index (χ1n) is 16.5. The zero-order valence-corrected chi connectivity index (χ0v) is 30.5. The van der Waals surface area contributed by atoms with Crippen LogP contribution >= 0.6 is 23.5 Å². The van der Waals surface area contributed by atoms with Gasteiger partial charge in [-0.25, -0.2) is 24.4 Å². The lowest BCUT2D eigenvalue weighted by Crippen LogP contribution is -2.61. The lowest BCUT2D eigenvalue weighted by Gasteiger charge is -2.40. The fourth-order valence-electron chi connectivity index (χ4n) is 6.57. The zero-order valence-electron chi connectivity index (χ0n) is 28.9. The molecule has 2 aromatic carbocycles. The third kappa shape index (κ3) is 8.27. The van der Waals surface area contributed by atoms with Gasteiger partial charge in [-0.2, -0.15) is 5.26 Å². The van der Waals surface area contributed by atoms with Crippen LogP contribution in [0, 0.1) is 23.2 Å². The molecule has 1 saturated heterocycles. The first-order valence-corrected chi connectivity index (χ1v) is 18.9. The lowest BCUT2D eigenvalue weighted by atomic mass is 9.77. The van der Waals surface area contributed by atoms with Crippen molar-refractivity contribution < 1.29 is 33.4 Å². The lowest BCUT2D eigenvalue weighted by molar-refractivity contribution is -0.157. The topological polar surface area (TPSA) is 188 Å². The molecule has 52 heavy (non-hydrogen) atoms. The molecule has 1 aromatic heterocycles. The Labute approximate surface area is 309 Å². The number of esters is 1. The van der Waals surface area contributed by atoms with E-state index in [1.807, 2.05) is 48.5 Å². The molecular weight excluding hydrogens is 707 g/mol. The number of hydrogen-bond donors (Lipinski definition) is 3. The Morgan fingerprint density at radius 1 is 0.885 bits per heavy atom. The van der Waals surface area contributed by atoms with Crippen LogP contribution in [0.2, 0.25) is 0 Å². The van der Waals surface area contributed by atoms with Crippen molar-refractivity contribution in [1.29, 1.82) is 5.26 Å². The van der Waals surface area contributed by atoms with Gasteiger partial charge in [0, 0.05) is 12.7 Å². The van der Waals surface area contributed by atoms with Crippen molar-refractivity contribution in [3.63, 3.8) is 0 Å². The van der Waals surface area contributed by atoms with Crippen LogP contribution in [0.3, 0.4) is 0 Å². The smallest absolute Gasteiger partial charge is 0.413 e. The van der Waals surface area contributed by atoms with Gasteiger partial charge in [-0.05, 0) is 61.5 Å². The predicted octanol–water partition coefficient (Wildman–Crippen LogP) is 5.31. The van der Waals surface area contributed by atoms with E-state index in [1.54, 1.807) is 49.9 Å². The van der Waals surface area contributed by atoms with Crippen LogP contribution in [-0.4, -0.2) is 81.1 Å². The van der Waals surface area contributed by atoms with Crippen molar-refractivity contribution in [2.24, 2.45) is 21.8 Å². The van der Waals surface area contributed by atoms with E-state index >= 15 is 0 Å². The average Bonchev–Trinajstić information content (AvgIpc) is 3.91. The number of nitriles is 1. The van der Waals surface area contributed by atoms with Crippen LogP contribution < -0.4 is 10.6 Å². The van der Waals surface area contributed by atoms with E-state index in [0.717, 1.165) is 34.7 Å². The molecule has 2 unspecified atom stereocenters. The second-order valence-electron chi connectivity index (χ2n) is 11.9. The summed E-state index contributed by atoms with van der Waals surface area (Å²) in [4.78, 5) is 68.4. The summed E-state index contributed by atoms with van der Waals surface area (Å²) in [6, 6.07) is 23.8. The summed E-state index contributed by atoms with van der Waals surface area (Å²) in [5, 5.41) is 16.2. The van der Waals surface area contributed by atoms with Gasteiger partial charge in [-0.3, -0.25) is 15.4 Å². The number of amides is 3. The molecule has 3 amide bonds. The second-order valence-corrected chi connectivity index (χ2v) is 13.5. The van der Waals surface area contributed by atoms with Gasteiger partial charge >= 0.3 is 18.2 Å². The van der Waals surface area contributed by atoms with E-state index < -0.39 is 47.1 Å². The molecule has 0 radical (unpaired) electrons. The molecular formula is C36H39N7O7S2. The molecule has 16 heteroatoms. The summed E-state index contributed by atoms with van der Waals surface area (Å²) >= 11 is 2.09. The van der Waals surface area contributed by atoms with Gasteiger partial charge in [0.2, 0.25) is 5.66 Å². The molecule has 14 nitrogen and oxygen atoms in total. The van der Waals surface area contributed by atoms with Crippen LogP contribution in [0.15, 0.2) is 89.0 Å². The highest BCUT2D eigenvalue weighted by Gasteiger charge is 2.71. The molecule has 1 aliphatic heterocycles. The number of rotatable bonds is 9. The number of aliphatic imine (C=N–C) groups is 2. The predicted molar refractivity (Wildman–Crippen MR) is 197 cm³/mol. The van der Waals surface area contributed by atoms with E-state index in [4.69, 9.17) is 24.2 Å². The van der Waals surface area contributed by atoms with Crippen LogP contribution in [0.1, 0.15) is 41.4 Å². The van der Waals surface area contributed by atoms with Crippen LogP contribution in [0.4, 0.5) is 9.59 Å². The number of benzene rings is 2. The SMILES string of the molecule is CCOC(=O)[C@]1(/N=C(/NC(=O)OCc2ccccc2)SC)C2C(CC[C@@]2(C#N)N=C(NC(=O)OCc2ccccc2)SC)CN1C(=O)c1ccc[nH]1. The van der Waals surface area contributed by atoms with E-state index in [1.165, 1.54) is 4.90 Å². The number of alkyl carbamates (subject to hydrolysis) is 2. The molecule has 0 spiro atoms. The molecule has 5 rings (SSSR count). The monoisotopic (exact) mass is 745 g/mol. The van der Waals surface area contributed by atoms with Gasteiger partial charge in [0.1, 0.15) is 18.9 Å². The quantitative estimate of drug-likeness (QED) is 0.112. The van der Waals surface area contributed by atoms with Crippen LogP contribution in [0.5, 0.6) is 0 Å². The Morgan fingerprint density at radius 2 is 1.46 bits per heavy atom. The van der Waals surface area contributed by atoms with Gasteiger partial charge < -0.3 is 24.1 Å². The van der Waals surface area contributed by atoms with Gasteiger partial charge in [-0.1, -0.05) is 84.2 Å². The number of hydrogen-bond acceptors (Lipinski definition) is 12. The van der Waals surface area contributed by atoms with Crippen molar-refractivity contribution >= 4 is 57.9 Å². The number of carbonyl (C=O) groups is 4. The number of ether oxygens (including phenoxy) is 3. The number of nitrogens with one attached hydrogen (secondary N) is 3. The number of aromatic nitrogens is 1. The number of thioether (sulfide) groups is 2. The maximum absolute atomic E-state index is 14.5. The van der Waals surface area contributed by atoms with E-state index in [-0.39, 0.29) is 48.8 Å². The number of nitrogens with zero attached hydrogens (tertiary/aromatic N) is 4. The minimum Gasteiger partial charge on any atom is -0.463 e. The molecule has 1 aliphatic carbocycles. The molecule has 3 N–H and O–H groups in total.